The number of rotatable bonds is 6. The van der Waals surface area contributed by atoms with Gasteiger partial charge >= 0.3 is 0 Å². The number of para-hydroxylation sites is 1. The normalized spacial score (nSPS) is 10.6. The van der Waals surface area contributed by atoms with Crippen LogP contribution >= 0.6 is 0 Å². The van der Waals surface area contributed by atoms with Gasteiger partial charge in [-0.05, 0) is 62.4 Å². The summed E-state index contributed by atoms with van der Waals surface area (Å²) in [7, 11) is 0. The lowest BCUT2D eigenvalue weighted by molar-refractivity contribution is 0.102. The van der Waals surface area contributed by atoms with E-state index < -0.39 is 23.2 Å². The number of amides is 1. The van der Waals surface area contributed by atoms with E-state index in [0.29, 0.717) is 5.82 Å². The van der Waals surface area contributed by atoms with Gasteiger partial charge in [0, 0.05) is 5.69 Å². The van der Waals surface area contributed by atoms with Crippen molar-refractivity contribution >= 4 is 23.1 Å². The number of aromatic nitrogens is 2. The van der Waals surface area contributed by atoms with E-state index in [1.165, 1.54) is 18.2 Å². The van der Waals surface area contributed by atoms with Crippen molar-refractivity contribution in [2.24, 2.45) is 0 Å². The number of nitrogens with zero attached hydrogens (tertiary/aromatic N) is 2. The van der Waals surface area contributed by atoms with Crippen LogP contribution in [0.4, 0.5) is 26.0 Å². The molecule has 0 saturated heterocycles. The maximum atomic E-state index is 13.6. The highest BCUT2D eigenvalue weighted by atomic mass is 19.1. The summed E-state index contributed by atoms with van der Waals surface area (Å²) in [4.78, 5) is 12.1. The second kappa shape index (κ2) is 8.43. The van der Waals surface area contributed by atoms with Crippen molar-refractivity contribution in [3.8, 4) is 5.75 Å². The highest BCUT2D eigenvalue weighted by Gasteiger charge is 2.14. The molecule has 0 aliphatic heterocycles. The molecule has 0 aliphatic carbocycles. The van der Waals surface area contributed by atoms with Crippen LogP contribution in [0.2, 0.25) is 0 Å². The summed E-state index contributed by atoms with van der Waals surface area (Å²) in [5.41, 5.74) is 0.158. The number of ether oxygens (including phenoxy) is 1. The SMILES string of the molecule is CC(C)Oc1ccc(Nc2ccc(C(=O)Nc3c(F)cccc3F)nn2)cc1. The number of hydrogen-bond donors (Lipinski definition) is 2. The first kappa shape index (κ1) is 19.2. The molecule has 144 valence electrons. The second-order valence-electron chi connectivity index (χ2n) is 6.17. The van der Waals surface area contributed by atoms with Gasteiger partial charge in [-0.2, -0.15) is 0 Å². The molecule has 6 nitrogen and oxygen atoms in total. The standard InChI is InChI=1S/C20H18F2N4O2/c1-12(2)28-14-8-6-13(7-9-14)23-18-11-10-17(25-26-18)20(27)24-19-15(21)4-3-5-16(19)22/h3-12H,1-2H3,(H,23,26)(H,24,27). The molecular formula is C20H18F2N4O2. The molecule has 2 aromatic carbocycles. The summed E-state index contributed by atoms with van der Waals surface area (Å²) in [5, 5.41) is 12.9. The van der Waals surface area contributed by atoms with Gasteiger partial charge in [0.25, 0.3) is 5.91 Å². The smallest absolute Gasteiger partial charge is 0.276 e. The highest BCUT2D eigenvalue weighted by molar-refractivity contribution is 6.02. The molecule has 1 aromatic heterocycles. The Morgan fingerprint density at radius 1 is 0.964 bits per heavy atom. The molecule has 1 heterocycles. The van der Waals surface area contributed by atoms with Crippen LogP contribution < -0.4 is 15.4 Å². The van der Waals surface area contributed by atoms with Crippen LogP contribution in [0.1, 0.15) is 24.3 Å². The second-order valence-corrected chi connectivity index (χ2v) is 6.17. The van der Waals surface area contributed by atoms with Gasteiger partial charge in [-0.3, -0.25) is 4.79 Å². The van der Waals surface area contributed by atoms with E-state index in [9.17, 15) is 13.6 Å². The number of halogens is 2. The zero-order chi connectivity index (χ0) is 20.1. The Morgan fingerprint density at radius 3 is 2.21 bits per heavy atom. The molecule has 2 N–H and O–H groups in total. The lowest BCUT2D eigenvalue weighted by Crippen LogP contribution is -2.16. The zero-order valence-corrected chi connectivity index (χ0v) is 15.2. The fraction of sp³-hybridized carbons (Fsp3) is 0.150. The van der Waals surface area contributed by atoms with Crippen LogP contribution in [-0.4, -0.2) is 22.2 Å². The molecule has 0 spiro atoms. The Bertz CT molecular complexity index is 941. The summed E-state index contributed by atoms with van der Waals surface area (Å²) in [6.45, 7) is 3.89. The monoisotopic (exact) mass is 384 g/mol. The Balaban J connectivity index is 1.65. The third kappa shape index (κ3) is 4.79. The van der Waals surface area contributed by atoms with Crippen LogP contribution in [0.5, 0.6) is 5.75 Å². The molecule has 28 heavy (non-hydrogen) atoms. The first-order valence-corrected chi connectivity index (χ1v) is 8.55. The summed E-state index contributed by atoms with van der Waals surface area (Å²) in [6, 6.07) is 13.5. The molecule has 0 aliphatic rings. The number of carbonyl (C=O) groups is 1. The van der Waals surface area contributed by atoms with E-state index in [1.807, 2.05) is 38.1 Å². The van der Waals surface area contributed by atoms with Crippen LogP contribution in [0.15, 0.2) is 54.6 Å². The van der Waals surface area contributed by atoms with E-state index in [1.54, 1.807) is 0 Å². The summed E-state index contributed by atoms with van der Waals surface area (Å²) in [6.07, 6.45) is 0.0844. The van der Waals surface area contributed by atoms with Gasteiger partial charge in [-0.15, -0.1) is 10.2 Å². The molecule has 0 saturated carbocycles. The third-order valence-electron chi connectivity index (χ3n) is 3.60. The van der Waals surface area contributed by atoms with Gasteiger partial charge in [0.15, 0.2) is 11.5 Å². The number of benzene rings is 2. The number of carbonyl (C=O) groups excluding carboxylic acids is 1. The number of hydrogen-bond acceptors (Lipinski definition) is 5. The van der Waals surface area contributed by atoms with Crippen LogP contribution in [0.3, 0.4) is 0 Å². The van der Waals surface area contributed by atoms with Crippen LogP contribution in [0, 0.1) is 11.6 Å². The largest absolute Gasteiger partial charge is 0.491 e. The van der Waals surface area contributed by atoms with Crippen molar-refractivity contribution in [3.05, 3.63) is 71.9 Å². The lowest BCUT2D eigenvalue weighted by Gasteiger charge is -2.11. The lowest BCUT2D eigenvalue weighted by atomic mass is 10.2. The van der Waals surface area contributed by atoms with Crippen LogP contribution in [0.25, 0.3) is 0 Å². The molecule has 0 atom stereocenters. The predicted molar refractivity (Wildman–Crippen MR) is 102 cm³/mol. The quantitative estimate of drug-likeness (QED) is 0.653. The summed E-state index contributed by atoms with van der Waals surface area (Å²) >= 11 is 0. The van der Waals surface area contributed by atoms with Crippen molar-refractivity contribution in [1.82, 2.24) is 10.2 Å². The number of anilines is 3. The van der Waals surface area contributed by atoms with Crippen molar-refractivity contribution < 1.29 is 18.3 Å². The molecular weight excluding hydrogens is 366 g/mol. The van der Waals surface area contributed by atoms with Gasteiger partial charge in [0.1, 0.15) is 23.1 Å². The minimum absolute atomic E-state index is 0.0751. The Morgan fingerprint density at radius 2 is 1.64 bits per heavy atom. The van der Waals surface area contributed by atoms with E-state index in [0.717, 1.165) is 23.6 Å². The summed E-state index contributed by atoms with van der Waals surface area (Å²) < 4.78 is 32.8. The molecule has 0 fully saturated rings. The molecule has 3 rings (SSSR count). The first-order valence-electron chi connectivity index (χ1n) is 8.55. The third-order valence-corrected chi connectivity index (χ3v) is 3.60. The predicted octanol–water partition coefficient (Wildman–Crippen LogP) is 4.54. The maximum absolute atomic E-state index is 13.6. The summed E-state index contributed by atoms with van der Waals surface area (Å²) in [5.74, 6) is -1.35. The van der Waals surface area contributed by atoms with Gasteiger partial charge < -0.3 is 15.4 Å². The fourth-order valence-corrected chi connectivity index (χ4v) is 2.35. The Labute approximate surface area is 160 Å². The van der Waals surface area contributed by atoms with E-state index >= 15 is 0 Å². The van der Waals surface area contributed by atoms with Crippen molar-refractivity contribution in [1.29, 1.82) is 0 Å². The zero-order valence-electron chi connectivity index (χ0n) is 15.2. The Hall–Kier alpha value is -3.55. The molecule has 8 heteroatoms. The van der Waals surface area contributed by atoms with Crippen LogP contribution in [-0.2, 0) is 0 Å². The first-order chi connectivity index (χ1) is 13.4. The topological polar surface area (TPSA) is 76.1 Å². The van der Waals surface area contributed by atoms with Crippen molar-refractivity contribution in [2.75, 3.05) is 10.6 Å². The molecule has 0 bridgehead atoms. The minimum atomic E-state index is -0.871. The van der Waals surface area contributed by atoms with Gasteiger partial charge in [0.2, 0.25) is 0 Å². The molecule has 0 unspecified atom stereocenters. The highest BCUT2D eigenvalue weighted by Crippen LogP contribution is 2.21. The van der Waals surface area contributed by atoms with Gasteiger partial charge in [-0.1, -0.05) is 6.07 Å². The maximum Gasteiger partial charge on any atom is 0.276 e. The van der Waals surface area contributed by atoms with Gasteiger partial charge in [-0.25, -0.2) is 8.78 Å². The van der Waals surface area contributed by atoms with Crippen molar-refractivity contribution in [3.63, 3.8) is 0 Å². The number of nitrogens with one attached hydrogen (secondary N) is 2. The average molecular weight is 384 g/mol. The molecule has 0 radical (unpaired) electrons. The van der Waals surface area contributed by atoms with E-state index in [-0.39, 0.29) is 11.8 Å². The van der Waals surface area contributed by atoms with Crippen molar-refractivity contribution in [2.45, 2.75) is 20.0 Å². The van der Waals surface area contributed by atoms with Gasteiger partial charge in [0.05, 0.1) is 6.10 Å². The average Bonchev–Trinajstić information content (AvgIpc) is 2.66. The minimum Gasteiger partial charge on any atom is -0.491 e. The fourth-order valence-electron chi connectivity index (χ4n) is 2.35. The Kier molecular flexibility index (Phi) is 5.78. The molecule has 3 aromatic rings. The van der Waals surface area contributed by atoms with E-state index in [2.05, 4.69) is 20.8 Å². The van der Waals surface area contributed by atoms with E-state index in [4.69, 9.17) is 4.74 Å². The molecule has 1 amide bonds.